The van der Waals surface area contributed by atoms with Gasteiger partial charge >= 0.3 is 47.8 Å². The number of rotatable bonds is 7. The van der Waals surface area contributed by atoms with Gasteiger partial charge in [-0.25, -0.2) is 18.8 Å². The second-order valence-electron chi connectivity index (χ2n) is 26.1. The molecule has 4 saturated heterocycles. The molecule has 466 valence electrons. The summed E-state index contributed by atoms with van der Waals surface area (Å²) in [6.07, 6.45) is -0.659. The van der Waals surface area contributed by atoms with Crippen molar-refractivity contribution < 1.29 is 65.4 Å². The van der Waals surface area contributed by atoms with Crippen LogP contribution < -0.4 is 40.2 Å². The number of ether oxygens (including phenoxy) is 3. The van der Waals surface area contributed by atoms with Crippen molar-refractivity contribution in [1.29, 1.82) is 0 Å². The Morgan fingerprint density at radius 1 is 0.452 bits per heavy atom. The Hall–Kier alpha value is -4.10. The van der Waals surface area contributed by atoms with E-state index in [1.807, 2.05) is 117 Å². The fourth-order valence-corrected chi connectivity index (χ4v) is 10.3. The van der Waals surface area contributed by atoms with Crippen molar-refractivity contribution in [2.24, 2.45) is 0 Å². The maximum atomic E-state index is 13.0. The summed E-state index contributed by atoms with van der Waals surface area (Å²) in [6.45, 7) is 43.6. The second-order valence-corrected chi connectivity index (χ2v) is 26.7. The molecule has 17 heteroatoms. The van der Waals surface area contributed by atoms with E-state index in [1.54, 1.807) is 9.80 Å². The third-order valence-electron chi connectivity index (χ3n) is 14.5. The van der Waals surface area contributed by atoms with Crippen LogP contribution in [-0.2, 0) is 39.2 Å². The molecule has 4 fully saturated rings. The summed E-state index contributed by atoms with van der Waals surface area (Å²) >= 11 is 3.36. The summed E-state index contributed by atoms with van der Waals surface area (Å²) < 4.78 is 29.4. The first kappa shape index (κ1) is 74.2. The molecule has 4 aliphatic rings. The molecule has 4 aromatic rings. The van der Waals surface area contributed by atoms with E-state index in [4.69, 9.17) is 14.2 Å². The molecule has 0 bridgehead atoms. The summed E-state index contributed by atoms with van der Waals surface area (Å²) in [5.74, 6) is -0.218. The van der Waals surface area contributed by atoms with E-state index in [0.717, 1.165) is 69.8 Å². The van der Waals surface area contributed by atoms with Gasteiger partial charge in [-0.2, -0.15) is 0 Å². The number of carbonyl (C=O) groups is 3. The largest absolute Gasteiger partial charge is 1.00 e. The normalized spacial score (nSPS) is 23.2. The van der Waals surface area contributed by atoms with Crippen LogP contribution in [0.1, 0.15) is 143 Å². The number of nitrogens with one attached hydrogen (secondary N) is 2. The van der Waals surface area contributed by atoms with Gasteiger partial charge < -0.3 is 41.0 Å². The third kappa shape index (κ3) is 27.7. The van der Waals surface area contributed by atoms with Crippen molar-refractivity contribution in [2.75, 3.05) is 52.4 Å². The molecule has 0 aliphatic carbocycles. The SMILES string of the molecule is BrCc1ccccc1.C[C@@H]1CN(Cc2ccc(F)cc2)[C@@H](C)CN1C(=O)OC(C)(C)C.C[C@@H]1CN(Cc2ccccc2)[C@@H](C)CN1.C[C@@H]1CN(Cc2ccccc2)[C@@H](C)CN1C(=O)OC(C)(C)C.C[C@@H]1CN[C@@H](C)CN1C(=O)OC(C)(C)C.[H-].[HH].[Na+]. The number of carbonyl (C=O) groups excluding carboxylic acids is 3. The maximum Gasteiger partial charge on any atom is 1.00 e. The number of hydrogen-bond acceptors (Lipinski definition) is 11. The van der Waals surface area contributed by atoms with E-state index in [2.05, 4.69) is 150 Å². The van der Waals surface area contributed by atoms with Gasteiger partial charge in [0, 0.05) is 127 Å². The van der Waals surface area contributed by atoms with Gasteiger partial charge in [0.25, 0.3) is 0 Å². The average molecular weight is 1240 g/mol. The predicted molar refractivity (Wildman–Crippen MR) is 343 cm³/mol. The van der Waals surface area contributed by atoms with Crippen LogP contribution in [0.2, 0.25) is 0 Å². The van der Waals surface area contributed by atoms with Crippen LogP contribution in [0.4, 0.5) is 18.8 Å². The Bertz CT molecular complexity index is 2520. The first-order chi connectivity index (χ1) is 38.9. The molecule has 0 aromatic heterocycles. The summed E-state index contributed by atoms with van der Waals surface area (Å²) in [7, 11) is 0. The number of alkyl halides is 1. The number of benzene rings is 4. The number of hydrogen-bond donors (Lipinski definition) is 2. The molecule has 8 rings (SSSR count). The van der Waals surface area contributed by atoms with Crippen LogP contribution >= 0.6 is 15.9 Å². The minimum absolute atomic E-state index is 0. The molecule has 84 heavy (non-hydrogen) atoms. The number of amides is 3. The molecular formula is C67H107BrFN8NaO6. The fraction of sp³-hybridized carbons (Fsp3) is 0.597. The van der Waals surface area contributed by atoms with Gasteiger partial charge in [-0.1, -0.05) is 119 Å². The summed E-state index contributed by atoms with van der Waals surface area (Å²) in [5, 5.41) is 7.79. The Morgan fingerprint density at radius 3 is 1.11 bits per heavy atom. The molecule has 4 aliphatic heterocycles. The first-order valence-electron chi connectivity index (χ1n) is 30.0. The smallest absolute Gasteiger partial charge is 1.00 e. The zero-order valence-electron chi connectivity index (χ0n) is 55.5. The topological polar surface area (TPSA) is 122 Å². The third-order valence-corrected chi connectivity index (χ3v) is 15.2. The van der Waals surface area contributed by atoms with E-state index >= 15 is 0 Å². The Balaban J connectivity index is 0.000000550. The van der Waals surface area contributed by atoms with E-state index in [-0.39, 0.29) is 80.7 Å². The standard InChI is InChI=1S/C18H27FN2O2.C18H28N2O2.C13H20N2.C11H22N2O2.C7H7Br.Na.H2.H/c1-13-11-21(17(22)23-18(3,4)5)14(2)10-20(13)12-15-6-8-16(19)9-7-15;1-14-12-20(17(21)22-18(3,4)5)15(2)11-19(14)13-16-9-7-6-8-10-16;1-11-9-15(12(2)8-14-11)10-13-6-4-3-5-7-13;1-8-7-13(9(2)6-12-8)10(14)15-11(3,4)5;8-6-7-4-2-1-3-5-7;;;/h6-9,13-14H,10-12H2,1-5H3;6-10,14-15H,11-13H2,1-5H3;3-7,11-12,14H,8-10H2,1-2H3;8-9,12H,6-7H2,1-5H3;1-5H,6H2;;1H;/q;;;;;+1;;-1/t13-,14+;14-,15+;11-,12+;8-,9+;;;;/m0010..../s1. The summed E-state index contributed by atoms with van der Waals surface area (Å²) in [5.41, 5.74) is 3.80. The molecule has 8 atom stereocenters. The van der Waals surface area contributed by atoms with E-state index in [9.17, 15) is 18.8 Å². The van der Waals surface area contributed by atoms with Crippen LogP contribution in [0.5, 0.6) is 0 Å². The van der Waals surface area contributed by atoms with Crippen LogP contribution in [0, 0.1) is 5.82 Å². The van der Waals surface area contributed by atoms with Crippen molar-refractivity contribution in [3.63, 3.8) is 0 Å². The Morgan fingerprint density at radius 2 is 0.762 bits per heavy atom. The molecular weight excluding hydrogens is 1130 g/mol. The minimum atomic E-state index is -0.481. The second kappa shape index (κ2) is 35.6. The summed E-state index contributed by atoms with van der Waals surface area (Å²) in [4.78, 5) is 49.2. The molecule has 4 aromatic carbocycles. The van der Waals surface area contributed by atoms with Crippen molar-refractivity contribution >= 4 is 34.2 Å². The van der Waals surface area contributed by atoms with Gasteiger partial charge in [0.15, 0.2) is 0 Å². The van der Waals surface area contributed by atoms with Gasteiger partial charge in [-0.3, -0.25) is 14.7 Å². The molecule has 0 unspecified atom stereocenters. The zero-order valence-corrected chi connectivity index (χ0v) is 58.0. The number of nitrogens with zero attached hydrogens (tertiary/aromatic N) is 6. The first-order valence-corrected chi connectivity index (χ1v) is 31.1. The number of piperazine rings is 4. The van der Waals surface area contributed by atoms with Crippen molar-refractivity contribution in [2.45, 2.75) is 208 Å². The van der Waals surface area contributed by atoms with Crippen molar-refractivity contribution in [3.8, 4) is 0 Å². The molecule has 14 nitrogen and oxygen atoms in total. The van der Waals surface area contributed by atoms with Crippen LogP contribution in [0.25, 0.3) is 0 Å². The van der Waals surface area contributed by atoms with Crippen LogP contribution in [0.3, 0.4) is 0 Å². The van der Waals surface area contributed by atoms with E-state index in [0.29, 0.717) is 37.3 Å². The Kier molecular flexibility index (Phi) is 31.5. The molecule has 2 N–H and O–H groups in total. The van der Waals surface area contributed by atoms with Crippen molar-refractivity contribution in [1.82, 2.24) is 40.0 Å². The maximum absolute atomic E-state index is 13.0. The van der Waals surface area contributed by atoms with Crippen molar-refractivity contribution in [3.05, 3.63) is 143 Å². The predicted octanol–water partition coefficient (Wildman–Crippen LogP) is 10.6. The van der Waals surface area contributed by atoms with Gasteiger partial charge in [-0.05, 0) is 152 Å². The number of halogens is 2. The zero-order chi connectivity index (χ0) is 61.7. The minimum Gasteiger partial charge on any atom is -1.00 e. The molecule has 0 saturated carbocycles. The molecule has 4 heterocycles. The molecule has 0 spiro atoms. The average Bonchev–Trinajstić information content (AvgIpc) is 1.64. The molecule has 0 radical (unpaired) electrons. The van der Waals surface area contributed by atoms with E-state index < -0.39 is 16.8 Å². The fourth-order valence-electron chi connectivity index (χ4n) is 9.93. The van der Waals surface area contributed by atoms with Gasteiger partial charge in [-0.15, -0.1) is 0 Å². The quantitative estimate of drug-likeness (QED) is 0.104. The van der Waals surface area contributed by atoms with Gasteiger partial charge in [0.1, 0.15) is 22.6 Å². The van der Waals surface area contributed by atoms with Crippen LogP contribution in [-0.4, -0.2) is 165 Å². The van der Waals surface area contributed by atoms with Gasteiger partial charge in [0.05, 0.1) is 0 Å². The summed E-state index contributed by atoms with van der Waals surface area (Å²) in [6, 6.07) is 40.7. The monoisotopic (exact) mass is 1240 g/mol. The molecule has 3 amide bonds. The van der Waals surface area contributed by atoms with Crippen LogP contribution in [0.15, 0.2) is 115 Å². The van der Waals surface area contributed by atoms with E-state index in [1.165, 1.54) is 28.8 Å². The van der Waals surface area contributed by atoms with Gasteiger partial charge in [0.2, 0.25) is 0 Å². The Labute approximate surface area is 539 Å².